The van der Waals surface area contributed by atoms with E-state index >= 15 is 0 Å². The van der Waals surface area contributed by atoms with Gasteiger partial charge in [-0.25, -0.2) is 15.0 Å². The van der Waals surface area contributed by atoms with Gasteiger partial charge in [0.05, 0.1) is 29.8 Å². The van der Waals surface area contributed by atoms with Gasteiger partial charge >= 0.3 is 0 Å². The van der Waals surface area contributed by atoms with E-state index in [1.165, 1.54) is 12.8 Å². The summed E-state index contributed by atoms with van der Waals surface area (Å²) in [4.78, 5) is 25.6. The summed E-state index contributed by atoms with van der Waals surface area (Å²) in [5.41, 5.74) is 3.06. The van der Waals surface area contributed by atoms with E-state index in [4.69, 9.17) is 0 Å². The Morgan fingerprint density at radius 1 is 1.24 bits per heavy atom. The standard InChI is InChI=1S/C19H19N5O/c1-13-21-11-17(18(23-13)14-5-3-2-4-6-14)19(25)22-10-16-9-20-12-24(16)15-7-8-15/h2-6,9,11-12,15H,7-8,10H2,1H3,(H,22,25). The number of aryl methyl sites for hydroxylation is 1. The van der Waals surface area contributed by atoms with Crippen LogP contribution in [-0.2, 0) is 6.54 Å². The minimum atomic E-state index is -0.178. The normalized spacial score (nSPS) is 13.6. The number of carbonyl (C=O) groups excluding carboxylic acids is 1. The summed E-state index contributed by atoms with van der Waals surface area (Å²) >= 11 is 0. The Labute approximate surface area is 146 Å². The number of hydrogen-bond donors (Lipinski definition) is 1. The molecule has 6 heteroatoms. The highest BCUT2D eigenvalue weighted by Gasteiger charge is 2.25. The van der Waals surface area contributed by atoms with Gasteiger partial charge in [0.25, 0.3) is 5.91 Å². The fourth-order valence-electron chi connectivity index (χ4n) is 2.87. The Morgan fingerprint density at radius 2 is 2.04 bits per heavy atom. The zero-order chi connectivity index (χ0) is 17.2. The van der Waals surface area contributed by atoms with Crippen molar-refractivity contribution >= 4 is 5.91 Å². The van der Waals surface area contributed by atoms with Crippen molar-refractivity contribution in [2.24, 2.45) is 0 Å². The average Bonchev–Trinajstić information content (AvgIpc) is 3.38. The van der Waals surface area contributed by atoms with E-state index in [9.17, 15) is 4.79 Å². The van der Waals surface area contributed by atoms with Crippen LogP contribution >= 0.6 is 0 Å². The fraction of sp³-hybridized carbons (Fsp3) is 0.263. The van der Waals surface area contributed by atoms with Crippen molar-refractivity contribution in [2.75, 3.05) is 0 Å². The molecule has 0 spiro atoms. The highest BCUT2D eigenvalue weighted by Crippen LogP contribution is 2.35. The van der Waals surface area contributed by atoms with E-state index in [1.54, 1.807) is 6.20 Å². The summed E-state index contributed by atoms with van der Waals surface area (Å²) in [6.07, 6.45) is 7.60. The Morgan fingerprint density at radius 3 is 2.80 bits per heavy atom. The van der Waals surface area contributed by atoms with Crippen LogP contribution < -0.4 is 5.32 Å². The molecule has 3 aromatic rings. The smallest absolute Gasteiger partial charge is 0.255 e. The van der Waals surface area contributed by atoms with Gasteiger partial charge < -0.3 is 9.88 Å². The van der Waals surface area contributed by atoms with Crippen molar-refractivity contribution in [3.8, 4) is 11.3 Å². The number of nitrogens with one attached hydrogen (secondary N) is 1. The van der Waals surface area contributed by atoms with E-state index < -0.39 is 0 Å². The first-order chi connectivity index (χ1) is 12.2. The van der Waals surface area contributed by atoms with Gasteiger partial charge in [-0.2, -0.15) is 0 Å². The van der Waals surface area contributed by atoms with Gasteiger partial charge in [0.15, 0.2) is 0 Å². The summed E-state index contributed by atoms with van der Waals surface area (Å²) in [7, 11) is 0. The van der Waals surface area contributed by atoms with Crippen LogP contribution in [0.4, 0.5) is 0 Å². The lowest BCUT2D eigenvalue weighted by molar-refractivity contribution is 0.0950. The van der Waals surface area contributed by atoms with E-state index in [1.807, 2.05) is 49.8 Å². The quantitative estimate of drug-likeness (QED) is 0.779. The maximum absolute atomic E-state index is 12.7. The molecular weight excluding hydrogens is 314 g/mol. The first kappa shape index (κ1) is 15.5. The summed E-state index contributed by atoms with van der Waals surface area (Å²) in [6.45, 7) is 2.26. The molecule has 0 unspecified atom stereocenters. The maximum atomic E-state index is 12.7. The number of amides is 1. The van der Waals surface area contributed by atoms with Crippen LogP contribution in [0.25, 0.3) is 11.3 Å². The molecule has 1 N–H and O–H groups in total. The first-order valence-electron chi connectivity index (χ1n) is 8.40. The number of hydrogen-bond acceptors (Lipinski definition) is 4. The summed E-state index contributed by atoms with van der Waals surface area (Å²) in [5.74, 6) is 0.463. The summed E-state index contributed by atoms with van der Waals surface area (Å²) in [6, 6.07) is 10.2. The van der Waals surface area contributed by atoms with Crippen molar-refractivity contribution in [1.82, 2.24) is 24.8 Å². The molecule has 0 atom stereocenters. The third-order valence-corrected chi connectivity index (χ3v) is 4.32. The van der Waals surface area contributed by atoms with Crippen molar-refractivity contribution < 1.29 is 4.79 Å². The van der Waals surface area contributed by atoms with Gasteiger partial charge in [-0.15, -0.1) is 0 Å². The van der Waals surface area contributed by atoms with Crippen LogP contribution in [0.15, 0.2) is 49.1 Å². The monoisotopic (exact) mass is 333 g/mol. The maximum Gasteiger partial charge on any atom is 0.255 e. The largest absolute Gasteiger partial charge is 0.346 e. The molecule has 2 heterocycles. The Bertz CT molecular complexity index is 899. The van der Waals surface area contributed by atoms with Gasteiger partial charge in [-0.1, -0.05) is 30.3 Å². The van der Waals surface area contributed by atoms with Gasteiger partial charge in [-0.05, 0) is 19.8 Å². The second kappa shape index (κ2) is 6.47. The minimum Gasteiger partial charge on any atom is -0.346 e. The van der Waals surface area contributed by atoms with Gasteiger partial charge in [-0.3, -0.25) is 4.79 Å². The number of benzene rings is 1. The van der Waals surface area contributed by atoms with Crippen molar-refractivity contribution in [1.29, 1.82) is 0 Å². The lowest BCUT2D eigenvalue weighted by Gasteiger charge is -2.11. The molecule has 1 aliphatic carbocycles. The number of carbonyl (C=O) groups is 1. The van der Waals surface area contributed by atoms with Crippen molar-refractivity contribution in [3.63, 3.8) is 0 Å². The van der Waals surface area contributed by atoms with Crippen LogP contribution in [0.1, 0.15) is 40.8 Å². The molecular formula is C19H19N5O. The molecule has 1 fully saturated rings. The van der Waals surface area contributed by atoms with Gasteiger partial charge in [0.1, 0.15) is 5.82 Å². The topological polar surface area (TPSA) is 72.7 Å². The molecule has 0 radical (unpaired) electrons. The molecule has 0 saturated heterocycles. The molecule has 0 aliphatic heterocycles. The SMILES string of the molecule is Cc1ncc(C(=O)NCc2cncn2C2CC2)c(-c2ccccc2)n1. The molecule has 6 nitrogen and oxygen atoms in total. The van der Waals surface area contributed by atoms with Gasteiger partial charge in [0.2, 0.25) is 0 Å². The number of aromatic nitrogens is 4. The second-order valence-electron chi connectivity index (χ2n) is 6.25. The number of rotatable bonds is 5. The van der Waals surface area contributed by atoms with E-state index in [0.29, 0.717) is 29.7 Å². The number of nitrogens with zero attached hydrogens (tertiary/aromatic N) is 4. The predicted molar refractivity (Wildman–Crippen MR) is 93.9 cm³/mol. The van der Waals surface area contributed by atoms with Crippen LogP contribution in [0.5, 0.6) is 0 Å². The summed E-state index contributed by atoms with van der Waals surface area (Å²) in [5, 5.41) is 2.97. The molecule has 126 valence electrons. The Balaban J connectivity index is 1.57. The van der Waals surface area contributed by atoms with Crippen LogP contribution in [-0.4, -0.2) is 25.4 Å². The molecule has 25 heavy (non-hydrogen) atoms. The number of imidazole rings is 1. The molecule has 4 rings (SSSR count). The van der Waals surface area contributed by atoms with E-state index in [-0.39, 0.29) is 5.91 Å². The zero-order valence-corrected chi connectivity index (χ0v) is 14.0. The van der Waals surface area contributed by atoms with Crippen LogP contribution in [0.3, 0.4) is 0 Å². The highest BCUT2D eigenvalue weighted by atomic mass is 16.1. The molecule has 1 saturated carbocycles. The molecule has 1 amide bonds. The third-order valence-electron chi connectivity index (χ3n) is 4.32. The zero-order valence-electron chi connectivity index (χ0n) is 14.0. The molecule has 1 aromatic carbocycles. The van der Waals surface area contributed by atoms with E-state index in [2.05, 4.69) is 24.8 Å². The Hall–Kier alpha value is -3.02. The highest BCUT2D eigenvalue weighted by molar-refractivity contribution is 5.99. The average molecular weight is 333 g/mol. The fourth-order valence-corrected chi connectivity index (χ4v) is 2.87. The molecule has 1 aliphatic rings. The lowest BCUT2D eigenvalue weighted by Crippen LogP contribution is -2.25. The minimum absolute atomic E-state index is 0.178. The van der Waals surface area contributed by atoms with Crippen molar-refractivity contribution in [2.45, 2.75) is 32.4 Å². The molecule has 0 bridgehead atoms. The van der Waals surface area contributed by atoms with Crippen LogP contribution in [0.2, 0.25) is 0 Å². The summed E-state index contributed by atoms with van der Waals surface area (Å²) < 4.78 is 2.14. The third kappa shape index (κ3) is 3.28. The lowest BCUT2D eigenvalue weighted by atomic mass is 10.1. The predicted octanol–water partition coefficient (Wildman–Crippen LogP) is 2.91. The van der Waals surface area contributed by atoms with Crippen LogP contribution in [0, 0.1) is 6.92 Å². The first-order valence-corrected chi connectivity index (χ1v) is 8.40. The van der Waals surface area contributed by atoms with Gasteiger partial charge in [0, 0.05) is 24.0 Å². The molecule has 2 aromatic heterocycles. The second-order valence-corrected chi connectivity index (χ2v) is 6.25. The van der Waals surface area contributed by atoms with E-state index in [0.717, 1.165) is 11.3 Å². The van der Waals surface area contributed by atoms with Crippen molar-refractivity contribution in [3.05, 3.63) is 66.1 Å². The Kier molecular flexibility index (Phi) is 4.01.